The van der Waals surface area contributed by atoms with Crippen LogP contribution in [-0.4, -0.2) is 41.1 Å². The number of halogens is 2. The smallest absolute Gasteiger partial charge is 0.387 e. The van der Waals surface area contributed by atoms with Crippen molar-refractivity contribution in [3.8, 4) is 28.6 Å². The summed E-state index contributed by atoms with van der Waals surface area (Å²) in [6.45, 7) is 3.59. The number of nitrogens with zero attached hydrogens (tertiary/aromatic N) is 3. The average molecular weight is 469 g/mol. The van der Waals surface area contributed by atoms with Crippen LogP contribution in [0.5, 0.6) is 11.8 Å². The van der Waals surface area contributed by atoms with Crippen molar-refractivity contribution in [1.82, 2.24) is 14.5 Å². The Kier molecular flexibility index (Phi) is 6.65. The number of ether oxygens (including phenoxy) is 2. The molecule has 0 aliphatic rings. The summed E-state index contributed by atoms with van der Waals surface area (Å²) in [5, 5.41) is 1.87. The highest BCUT2D eigenvalue weighted by molar-refractivity contribution is 7.64. The number of alkyl halides is 2. The van der Waals surface area contributed by atoms with E-state index in [4.69, 9.17) is 4.74 Å². The molecule has 170 valence electrons. The molecule has 6 nitrogen and oxygen atoms in total. The van der Waals surface area contributed by atoms with Crippen LogP contribution in [0, 0.1) is 0 Å². The molecule has 0 saturated carbocycles. The van der Waals surface area contributed by atoms with Crippen LogP contribution in [-0.2, 0) is 0 Å². The highest BCUT2D eigenvalue weighted by Gasteiger charge is 2.16. The van der Waals surface area contributed by atoms with E-state index >= 15 is 0 Å². The molecular formula is C24H22F2N3O3P. The highest BCUT2D eigenvalue weighted by Crippen LogP contribution is 2.27. The van der Waals surface area contributed by atoms with Crippen LogP contribution >= 0.6 is 7.92 Å². The Morgan fingerprint density at radius 3 is 2.36 bits per heavy atom. The lowest BCUT2D eigenvalue weighted by Gasteiger charge is -2.14. The minimum Gasteiger partial charge on any atom is -0.464 e. The third kappa shape index (κ3) is 4.86. The van der Waals surface area contributed by atoms with E-state index in [1.54, 1.807) is 12.3 Å². The molecule has 9 heteroatoms. The van der Waals surface area contributed by atoms with Crippen LogP contribution in [0.1, 0.15) is 6.92 Å². The van der Waals surface area contributed by atoms with Crippen LogP contribution in [0.25, 0.3) is 27.8 Å². The Labute approximate surface area is 190 Å². The van der Waals surface area contributed by atoms with Crippen molar-refractivity contribution < 1.29 is 18.3 Å². The number of aromatic nitrogens is 3. The molecule has 33 heavy (non-hydrogen) atoms. The van der Waals surface area contributed by atoms with Gasteiger partial charge in [-0.3, -0.25) is 9.36 Å². The Hall–Kier alpha value is -3.38. The van der Waals surface area contributed by atoms with Gasteiger partial charge in [-0.25, -0.2) is 4.98 Å². The van der Waals surface area contributed by atoms with Gasteiger partial charge < -0.3 is 9.47 Å². The van der Waals surface area contributed by atoms with Gasteiger partial charge in [0.2, 0.25) is 0 Å². The van der Waals surface area contributed by atoms with Crippen LogP contribution in [0.2, 0.25) is 0 Å². The van der Waals surface area contributed by atoms with Gasteiger partial charge in [-0.2, -0.15) is 13.8 Å². The molecule has 0 radical (unpaired) electrons. The molecule has 0 aliphatic carbocycles. The van der Waals surface area contributed by atoms with E-state index in [1.165, 1.54) is 34.1 Å². The second-order valence-corrected chi connectivity index (χ2v) is 9.68. The minimum atomic E-state index is -2.93. The number of benzene rings is 2. The number of hydrogen-bond acceptors (Lipinski definition) is 5. The summed E-state index contributed by atoms with van der Waals surface area (Å²) in [4.78, 5) is 22.3. The average Bonchev–Trinajstić information content (AvgIpc) is 2.79. The van der Waals surface area contributed by atoms with E-state index in [0.717, 1.165) is 5.56 Å². The van der Waals surface area contributed by atoms with Gasteiger partial charge in [0, 0.05) is 17.1 Å². The van der Waals surface area contributed by atoms with Crippen molar-refractivity contribution in [3.05, 3.63) is 71.1 Å². The molecule has 0 amide bonds. The third-order valence-electron chi connectivity index (χ3n) is 5.01. The largest absolute Gasteiger partial charge is 0.464 e. The summed E-state index contributed by atoms with van der Waals surface area (Å²) in [7, 11) is -0.255. The molecule has 0 bridgehead atoms. The summed E-state index contributed by atoms with van der Waals surface area (Å²) in [6.07, 6.45) is 1.60. The number of rotatable bonds is 7. The Balaban J connectivity index is 1.92. The monoisotopic (exact) mass is 469 g/mol. The minimum absolute atomic E-state index is 0.00175. The van der Waals surface area contributed by atoms with Gasteiger partial charge >= 0.3 is 12.6 Å². The van der Waals surface area contributed by atoms with Crippen molar-refractivity contribution in [2.45, 2.75) is 13.5 Å². The molecule has 4 rings (SSSR count). The summed E-state index contributed by atoms with van der Waals surface area (Å²) in [6, 6.07) is 15.7. The van der Waals surface area contributed by atoms with Crippen LogP contribution in [0.15, 0.2) is 65.6 Å². The fourth-order valence-corrected chi connectivity index (χ4v) is 4.19. The first-order chi connectivity index (χ1) is 15.9. The predicted octanol–water partition coefficient (Wildman–Crippen LogP) is 4.81. The zero-order valence-corrected chi connectivity index (χ0v) is 19.2. The first-order valence-corrected chi connectivity index (χ1v) is 12.5. The fraction of sp³-hybridized carbons (Fsp3) is 0.208. The van der Waals surface area contributed by atoms with Gasteiger partial charge in [0.05, 0.1) is 12.3 Å². The van der Waals surface area contributed by atoms with Gasteiger partial charge in [0.1, 0.15) is 5.75 Å². The van der Waals surface area contributed by atoms with E-state index in [-0.39, 0.29) is 25.2 Å². The molecule has 2 aromatic heterocycles. The second-order valence-electron chi connectivity index (χ2n) is 7.38. The van der Waals surface area contributed by atoms with Gasteiger partial charge in [0.15, 0.2) is 5.65 Å². The van der Waals surface area contributed by atoms with E-state index < -0.39 is 6.61 Å². The molecule has 4 aromatic rings. The number of pyridine rings is 1. The van der Waals surface area contributed by atoms with Crippen molar-refractivity contribution in [2.75, 3.05) is 19.9 Å². The zero-order chi connectivity index (χ0) is 23.5. The molecule has 0 aliphatic heterocycles. The topological polar surface area (TPSA) is 66.2 Å². The zero-order valence-electron chi connectivity index (χ0n) is 18.3. The molecule has 0 saturated heterocycles. The predicted molar refractivity (Wildman–Crippen MR) is 127 cm³/mol. The van der Waals surface area contributed by atoms with E-state index in [0.29, 0.717) is 28.9 Å². The first-order valence-electron chi connectivity index (χ1n) is 10.3. The third-order valence-corrected chi connectivity index (χ3v) is 6.34. The molecule has 2 aromatic carbocycles. The maximum atomic E-state index is 13.6. The van der Waals surface area contributed by atoms with Gasteiger partial charge in [0.25, 0.3) is 5.56 Å². The Bertz CT molecular complexity index is 1320. The Morgan fingerprint density at radius 2 is 1.76 bits per heavy atom. The number of fused-ring (bicyclic) bond motifs is 1. The lowest BCUT2D eigenvalue weighted by molar-refractivity contribution is -0.0498. The number of hydrogen-bond donors (Lipinski definition) is 0. The fourth-order valence-electron chi connectivity index (χ4n) is 3.44. The van der Waals surface area contributed by atoms with E-state index in [2.05, 4.69) is 28.0 Å². The summed E-state index contributed by atoms with van der Waals surface area (Å²) >= 11 is 0. The van der Waals surface area contributed by atoms with Gasteiger partial charge in [-0.15, -0.1) is 0 Å². The normalized spacial score (nSPS) is 11.4. The first kappa shape index (κ1) is 22.8. The van der Waals surface area contributed by atoms with Crippen LogP contribution in [0.4, 0.5) is 8.78 Å². The van der Waals surface area contributed by atoms with Gasteiger partial charge in [-0.1, -0.05) is 32.2 Å². The molecule has 0 unspecified atom stereocenters. The molecule has 2 heterocycles. The van der Waals surface area contributed by atoms with E-state index in [1.807, 2.05) is 31.2 Å². The lowest BCUT2D eigenvalue weighted by Crippen LogP contribution is -2.22. The molecular weight excluding hydrogens is 447 g/mol. The van der Waals surface area contributed by atoms with Crippen LogP contribution < -0.4 is 20.3 Å². The summed E-state index contributed by atoms with van der Waals surface area (Å²) < 4.78 is 36.4. The standard InChI is InChI=1S/C24H22F2N3O3P/c1-4-31-24-27-14-16-13-20(15-5-11-19(12-6-15)33(2)3)22(30)29(21(16)28-24)17-7-9-18(10-8-17)32-23(25)26/h5-14,23H,4H2,1-3H3. The maximum absolute atomic E-state index is 13.6. The lowest BCUT2D eigenvalue weighted by atomic mass is 10.1. The Morgan fingerprint density at radius 1 is 1.06 bits per heavy atom. The molecule has 0 spiro atoms. The molecule has 0 atom stereocenters. The van der Waals surface area contributed by atoms with Gasteiger partial charge in [-0.05, 0) is 61.5 Å². The van der Waals surface area contributed by atoms with Crippen molar-refractivity contribution in [2.24, 2.45) is 0 Å². The van der Waals surface area contributed by atoms with Crippen molar-refractivity contribution in [3.63, 3.8) is 0 Å². The summed E-state index contributed by atoms with van der Waals surface area (Å²) in [5.74, 6) is -0.00175. The van der Waals surface area contributed by atoms with Crippen LogP contribution in [0.3, 0.4) is 0 Å². The van der Waals surface area contributed by atoms with Crippen molar-refractivity contribution in [1.29, 1.82) is 0 Å². The maximum Gasteiger partial charge on any atom is 0.387 e. The summed E-state index contributed by atoms with van der Waals surface area (Å²) in [5.41, 5.74) is 1.76. The van der Waals surface area contributed by atoms with Crippen molar-refractivity contribution >= 4 is 24.3 Å². The quantitative estimate of drug-likeness (QED) is 0.364. The van der Waals surface area contributed by atoms with E-state index in [9.17, 15) is 13.6 Å². The molecule has 0 N–H and O–H groups in total. The SMILES string of the molecule is CCOc1ncc2cc(-c3ccc(P(C)C)cc3)c(=O)n(-c3ccc(OC(F)F)cc3)c2n1. The highest BCUT2D eigenvalue weighted by atomic mass is 31.1. The molecule has 0 fully saturated rings. The second kappa shape index (κ2) is 9.63.